The Bertz CT molecular complexity index is 470. The van der Waals surface area contributed by atoms with Gasteiger partial charge in [0.05, 0.1) is 0 Å². The van der Waals surface area contributed by atoms with E-state index in [0.29, 0.717) is 17.9 Å². The Hall–Kier alpha value is -1.42. The van der Waals surface area contributed by atoms with Gasteiger partial charge < -0.3 is 10.2 Å². The first-order chi connectivity index (χ1) is 10.1. The van der Waals surface area contributed by atoms with E-state index in [1.807, 2.05) is 24.9 Å². The van der Waals surface area contributed by atoms with Crippen LogP contribution in [0.4, 0.5) is 4.39 Å². The van der Waals surface area contributed by atoms with Gasteiger partial charge in [-0.15, -0.1) is 0 Å². The normalized spacial score (nSPS) is 17.8. The van der Waals surface area contributed by atoms with Gasteiger partial charge in [-0.3, -0.25) is 4.79 Å². The van der Waals surface area contributed by atoms with E-state index in [4.69, 9.17) is 0 Å². The maximum absolute atomic E-state index is 13.7. The summed E-state index contributed by atoms with van der Waals surface area (Å²) in [6.45, 7) is 4.57. The van der Waals surface area contributed by atoms with Crippen LogP contribution in [-0.2, 0) is 11.2 Å². The van der Waals surface area contributed by atoms with Crippen LogP contribution >= 0.6 is 0 Å². The first-order valence-electron chi connectivity index (χ1n) is 7.78. The number of hydrogen-bond donors (Lipinski definition) is 1. The second-order valence-corrected chi connectivity index (χ2v) is 6.02. The van der Waals surface area contributed by atoms with Crippen molar-refractivity contribution in [2.45, 2.75) is 26.2 Å². The zero-order chi connectivity index (χ0) is 15.2. The van der Waals surface area contributed by atoms with Crippen LogP contribution in [-0.4, -0.2) is 37.5 Å². The van der Waals surface area contributed by atoms with Crippen molar-refractivity contribution in [1.82, 2.24) is 10.2 Å². The standard InChI is InChI=1S/C17H25FN2O/c1-13(11-15-5-3-4-6-16(15)18)17(21)20-9-7-14(8-10-20)12-19-2/h3-6,13-14,19H,7-12H2,1-2H3. The fourth-order valence-electron chi connectivity index (χ4n) is 3.04. The summed E-state index contributed by atoms with van der Waals surface area (Å²) in [7, 11) is 1.97. The van der Waals surface area contributed by atoms with Crippen LogP contribution in [0, 0.1) is 17.7 Å². The maximum atomic E-state index is 13.7. The molecule has 1 saturated heterocycles. The molecule has 0 spiro atoms. The minimum atomic E-state index is -0.218. The minimum Gasteiger partial charge on any atom is -0.342 e. The molecule has 3 nitrogen and oxygen atoms in total. The van der Waals surface area contributed by atoms with Gasteiger partial charge in [-0.25, -0.2) is 4.39 Å². The highest BCUT2D eigenvalue weighted by molar-refractivity contribution is 5.78. The highest BCUT2D eigenvalue weighted by atomic mass is 19.1. The zero-order valence-electron chi connectivity index (χ0n) is 12.9. The number of nitrogens with one attached hydrogen (secondary N) is 1. The number of halogens is 1. The monoisotopic (exact) mass is 292 g/mol. The van der Waals surface area contributed by atoms with Crippen molar-refractivity contribution in [3.8, 4) is 0 Å². The molecule has 1 aromatic carbocycles. The number of carbonyl (C=O) groups excluding carboxylic acids is 1. The predicted octanol–water partition coefficient (Wildman–Crippen LogP) is 2.46. The van der Waals surface area contributed by atoms with Gasteiger partial charge in [-0.1, -0.05) is 25.1 Å². The molecule has 1 N–H and O–H groups in total. The molecule has 1 atom stereocenters. The Kier molecular flexibility index (Phi) is 5.74. The van der Waals surface area contributed by atoms with E-state index in [0.717, 1.165) is 32.5 Å². The van der Waals surface area contributed by atoms with Crippen LogP contribution in [0.3, 0.4) is 0 Å². The van der Waals surface area contributed by atoms with E-state index in [2.05, 4.69) is 5.32 Å². The number of likely N-dealkylation sites (tertiary alicyclic amines) is 1. The van der Waals surface area contributed by atoms with E-state index in [9.17, 15) is 9.18 Å². The van der Waals surface area contributed by atoms with E-state index in [1.165, 1.54) is 6.07 Å². The molecular formula is C17H25FN2O. The average Bonchev–Trinajstić information content (AvgIpc) is 2.50. The molecular weight excluding hydrogens is 267 g/mol. The summed E-state index contributed by atoms with van der Waals surface area (Å²) in [6, 6.07) is 6.71. The van der Waals surface area contributed by atoms with E-state index < -0.39 is 0 Å². The molecule has 1 heterocycles. The molecule has 1 unspecified atom stereocenters. The van der Waals surface area contributed by atoms with Crippen LogP contribution < -0.4 is 5.32 Å². The van der Waals surface area contributed by atoms with Gasteiger partial charge in [-0.2, -0.15) is 0 Å². The largest absolute Gasteiger partial charge is 0.342 e. The summed E-state index contributed by atoms with van der Waals surface area (Å²) in [5, 5.41) is 3.20. The summed E-state index contributed by atoms with van der Waals surface area (Å²) < 4.78 is 13.7. The highest BCUT2D eigenvalue weighted by Crippen LogP contribution is 2.20. The predicted molar refractivity (Wildman–Crippen MR) is 82.5 cm³/mol. The summed E-state index contributed by atoms with van der Waals surface area (Å²) in [4.78, 5) is 14.4. The summed E-state index contributed by atoms with van der Waals surface area (Å²) in [5.74, 6) is 0.440. The van der Waals surface area contributed by atoms with Crippen molar-refractivity contribution in [3.05, 3.63) is 35.6 Å². The van der Waals surface area contributed by atoms with Gasteiger partial charge in [0.25, 0.3) is 0 Å². The Morgan fingerprint density at radius 1 is 1.38 bits per heavy atom. The molecule has 1 aliphatic rings. The Balaban J connectivity index is 1.87. The molecule has 0 bridgehead atoms. The number of amides is 1. The van der Waals surface area contributed by atoms with Crippen molar-refractivity contribution >= 4 is 5.91 Å². The lowest BCUT2D eigenvalue weighted by molar-refractivity contribution is -0.136. The van der Waals surface area contributed by atoms with Crippen molar-refractivity contribution in [2.75, 3.05) is 26.7 Å². The number of rotatable bonds is 5. The van der Waals surface area contributed by atoms with Gasteiger partial charge >= 0.3 is 0 Å². The molecule has 2 rings (SSSR count). The second-order valence-electron chi connectivity index (χ2n) is 6.02. The number of piperidine rings is 1. The van der Waals surface area contributed by atoms with Crippen LogP contribution in [0.2, 0.25) is 0 Å². The molecule has 1 aromatic rings. The minimum absolute atomic E-state index is 0.154. The quantitative estimate of drug-likeness (QED) is 0.904. The number of benzene rings is 1. The molecule has 116 valence electrons. The fraction of sp³-hybridized carbons (Fsp3) is 0.588. The van der Waals surface area contributed by atoms with E-state index in [-0.39, 0.29) is 17.6 Å². The van der Waals surface area contributed by atoms with Crippen molar-refractivity contribution < 1.29 is 9.18 Å². The summed E-state index contributed by atoms with van der Waals surface area (Å²) in [5.41, 5.74) is 0.628. The summed E-state index contributed by atoms with van der Waals surface area (Å²) >= 11 is 0. The summed E-state index contributed by atoms with van der Waals surface area (Å²) in [6.07, 6.45) is 2.58. The molecule has 4 heteroatoms. The highest BCUT2D eigenvalue weighted by Gasteiger charge is 2.26. The second kappa shape index (κ2) is 7.55. The van der Waals surface area contributed by atoms with Crippen molar-refractivity contribution in [1.29, 1.82) is 0 Å². The number of hydrogen-bond acceptors (Lipinski definition) is 2. The van der Waals surface area contributed by atoms with E-state index in [1.54, 1.807) is 12.1 Å². The van der Waals surface area contributed by atoms with Crippen LogP contribution in [0.25, 0.3) is 0 Å². The lowest BCUT2D eigenvalue weighted by Crippen LogP contribution is -2.43. The Morgan fingerprint density at radius 3 is 2.67 bits per heavy atom. The van der Waals surface area contributed by atoms with Crippen LogP contribution in [0.15, 0.2) is 24.3 Å². The molecule has 0 aromatic heterocycles. The molecule has 0 aliphatic carbocycles. The van der Waals surface area contributed by atoms with E-state index >= 15 is 0 Å². The molecule has 1 aliphatic heterocycles. The topological polar surface area (TPSA) is 32.3 Å². The molecule has 0 saturated carbocycles. The average molecular weight is 292 g/mol. The lowest BCUT2D eigenvalue weighted by atomic mass is 9.94. The third-order valence-electron chi connectivity index (χ3n) is 4.32. The van der Waals surface area contributed by atoms with Crippen LogP contribution in [0.1, 0.15) is 25.3 Å². The van der Waals surface area contributed by atoms with Crippen molar-refractivity contribution in [3.63, 3.8) is 0 Å². The van der Waals surface area contributed by atoms with Crippen LogP contribution in [0.5, 0.6) is 0 Å². The molecule has 0 radical (unpaired) electrons. The number of carbonyl (C=O) groups is 1. The molecule has 1 fully saturated rings. The molecule has 1 amide bonds. The lowest BCUT2D eigenvalue weighted by Gasteiger charge is -2.33. The first-order valence-corrected chi connectivity index (χ1v) is 7.78. The third-order valence-corrected chi connectivity index (χ3v) is 4.32. The van der Waals surface area contributed by atoms with Gasteiger partial charge in [0.1, 0.15) is 5.82 Å². The Morgan fingerprint density at radius 2 is 2.05 bits per heavy atom. The smallest absolute Gasteiger partial charge is 0.225 e. The maximum Gasteiger partial charge on any atom is 0.225 e. The Labute approximate surface area is 126 Å². The van der Waals surface area contributed by atoms with Gasteiger partial charge in [0.2, 0.25) is 5.91 Å². The molecule has 21 heavy (non-hydrogen) atoms. The van der Waals surface area contributed by atoms with Crippen molar-refractivity contribution in [2.24, 2.45) is 11.8 Å². The van der Waals surface area contributed by atoms with Gasteiger partial charge in [-0.05, 0) is 50.4 Å². The number of nitrogens with zero attached hydrogens (tertiary/aromatic N) is 1. The first kappa shape index (κ1) is 16.0. The fourth-order valence-corrected chi connectivity index (χ4v) is 3.04. The van der Waals surface area contributed by atoms with Gasteiger partial charge in [0, 0.05) is 19.0 Å². The zero-order valence-corrected chi connectivity index (χ0v) is 12.9. The third kappa shape index (κ3) is 4.27. The SMILES string of the molecule is CNCC1CCN(C(=O)C(C)Cc2ccccc2F)CC1. The van der Waals surface area contributed by atoms with Gasteiger partial charge in [0.15, 0.2) is 0 Å².